The highest BCUT2D eigenvalue weighted by Crippen LogP contribution is 2.09. The van der Waals surface area contributed by atoms with Crippen molar-refractivity contribution in [3.05, 3.63) is 58.3 Å². The van der Waals surface area contributed by atoms with E-state index in [9.17, 15) is 4.79 Å². The molecule has 1 aromatic heterocycles. The van der Waals surface area contributed by atoms with Crippen molar-refractivity contribution in [3.63, 3.8) is 0 Å². The van der Waals surface area contributed by atoms with E-state index in [1.165, 1.54) is 10.4 Å². The third-order valence-electron chi connectivity index (χ3n) is 4.04. The quantitative estimate of drug-likeness (QED) is 0.344. The van der Waals surface area contributed by atoms with E-state index < -0.39 is 0 Å². The van der Waals surface area contributed by atoms with Crippen LogP contribution in [0, 0.1) is 0 Å². The van der Waals surface area contributed by atoms with Crippen LogP contribution in [0.1, 0.15) is 10.4 Å². The first-order valence-electron chi connectivity index (χ1n) is 8.82. The number of nitrogens with one attached hydrogen (secondary N) is 1. The zero-order valence-electron chi connectivity index (χ0n) is 16.2. The fourth-order valence-corrected chi connectivity index (χ4v) is 3.10. The van der Waals surface area contributed by atoms with E-state index in [4.69, 9.17) is 0 Å². The van der Waals surface area contributed by atoms with E-state index in [1.54, 1.807) is 30.3 Å². The summed E-state index contributed by atoms with van der Waals surface area (Å²) in [6.45, 7) is 1.79. The Bertz CT molecular complexity index is 689. The maximum absolute atomic E-state index is 11.9. The van der Waals surface area contributed by atoms with Crippen molar-refractivity contribution in [2.45, 2.75) is 12.8 Å². The number of nitrogens with zero attached hydrogens (tertiary/aromatic N) is 3. The zero-order chi connectivity index (χ0) is 18.8. The average Bonchev–Trinajstić information content (AvgIpc) is 3.16. The second-order valence-corrected chi connectivity index (χ2v) is 7.37. The summed E-state index contributed by atoms with van der Waals surface area (Å²) in [4.78, 5) is 21.4. The van der Waals surface area contributed by atoms with Crippen LogP contribution in [-0.4, -0.2) is 62.4 Å². The van der Waals surface area contributed by atoms with E-state index in [0.717, 1.165) is 31.9 Å². The maximum atomic E-state index is 11.9. The van der Waals surface area contributed by atoms with E-state index in [1.807, 2.05) is 25.2 Å². The highest BCUT2D eigenvalue weighted by Gasteiger charge is 2.09. The Morgan fingerprint density at radius 2 is 1.81 bits per heavy atom. The Labute approximate surface area is 183 Å². The lowest BCUT2D eigenvalue weighted by Crippen LogP contribution is -2.41. The number of amides is 1. The molecule has 0 saturated heterocycles. The first kappa shape index (κ1) is 23.4. The number of carbonyl (C=O) groups is 1. The standard InChI is InChI=1S/C20H28N4OS.HI/c1-23(2)19(25)16-22-20(21-13-11-17-8-5-4-6-9-17)24(3)14-12-18-10-7-15-26-18;/h4-10,15H,11-14,16H2,1-3H3,(H,21,22);1H. The van der Waals surface area contributed by atoms with Crippen molar-refractivity contribution in [2.24, 2.45) is 4.99 Å². The van der Waals surface area contributed by atoms with E-state index in [-0.39, 0.29) is 36.4 Å². The Morgan fingerprint density at radius 1 is 1.07 bits per heavy atom. The van der Waals surface area contributed by atoms with Crippen LogP contribution >= 0.6 is 35.3 Å². The van der Waals surface area contributed by atoms with Crippen molar-refractivity contribution < 1.29 is 4.79 Å². The highest BCUT2D eigenvalue weighted by atomic mass is 127. The van der Waals surface area contributed by atoms with Crippen molar-refractivity contribution in [3.8, 4) is 0 Å². The van der Waals surface area contributed by atoms with Gasteiger partial charge in [0.25, 0.3) is 0 Å². The van der Waals surface area contributed by atoms with E-state index >= 15 is 0 Å². The van der Waals surface area contributed by atoms with E-state index in [2.05, 4.69) is 44.9 Å². The number of hydrogen-bond donors (Lipinski definition) is 1. The van der Waals surface area contributed by atoms with Gasteiger partial charge < -0.3 is 15.1 Å². The van der Waals surface area contributed by atoms with Crippen LogP contribution in [-0.2, 0) is 17.6 Å². The first-order valence-corrected chi connectivity index (χ1v) is 9.70. The van der Waals surface area contributed by atoms with Gasteiger partial charge in [0.2, 0.25) is 5.91 Å². The van der Waals surface area contributed by atoms with Crippen LogP contribution in [0.2, 0.25) is 0 Å². The number of thiophene rings is 1. The minimum Gasteiger partial charge on any atom is -0.356 e. The second-order valence-electron chi connectivity index (χ2n) is 6.34. The number of halogens is 1. The summed E-state index contributed by atoms with van der Waals surface area (Å²) >= 11 is 1.77. The molecule has 148 valence electrons. The van der Waals surface area contributed by atoms with Crippen molar-refractivity contribution in [1.29, 1.82) is 0 Å². The molecule has 2 rings (SSSR count). The van der Waals surface area contributed by atoms with Crippen LogP contribution in [0.15, 0.2) is 52.8 Å². The smallest absolute Gasteiger partial charge is 0.243 e. The number of benzene rings is 1. The summed E-state index contributed by atoms with van der Waals surface area (Å²) in [6.07, 6.45) is 1.88. The lowest BCUT2D eigenvalue weighted by Gasteiger charge is -2.22. The third-order valence-corrected chi connectivity index (χ3v) is 4.97. The molecule has 1 heterocycles. The summed E-state index contributed by atoms with van der Waals surface area (Å²) in [5.74, 6) is 0.770. The number of guanidine groups is 1. The number of rotatable bonds is 8. The molecule has 0 bridgehead atoms. The highest BCUT2D eigenvalue weighted by molar-refractivity contribution is 14.0. The predicted molar refractivity (Wildman–Crippen MR) is 125 cm³/mol. The molecule has 0 aliphatic carbocycles. The van der Waals surface area contributed by atoms with Crippen molar-refractivity contribution in [1.82, 2.24) is 15.1 Å². The Kier molecular flexibility index (Phi) is 11.0. The number of carbonyl (C=O) groups excluding carboxylic acids is 1. The topological polar surface area (TPSA) is 47.9 Å². The normalized spacial score (nSPS) is 10.9. The fourth-order valence-electron chi connectivity index (χ4n) is 2.40. The fraction of sp³-hybridized carbons (Fsp3) is 0.400. The van der Waals surface area contributed by atoms with Crippen LogP contribution in [0.5, 0.6) is 0 Å². The SMILES string of the molecule is CN(C)C(=O)CN=C(NCCc1ccccc1)N(C)CCc1cccs1.I. The van der Waals surface area contributed by atoms with Gasteiger partial charge >= 0.3 is 0 Å². The molecule has 1 amide bonds. The van der Waals surface area contributed by atoms with E-state index in [0.29, 0.717) is 0 Å². The van der Waals surface area contributed by atoms with Gasteiger partial charge in [-0.2, -0.15) is 0 Å². The largest absolute Gasteiger partial charge is 0.356 e. The van der Waals surface area contributed by atoms with Gasteiger partial charge in [-0.1, -0.05) is 36.4 Å². The molecule has 1 N–H and O–H groups in total. The zero-order valence-corrected chi connectivity index (χ0v) is 19.4. The Hall–Kier alpha value is -1.61. The summed E-state index contributed by atoms with van der Waals surface area (Å²) in [6, 6.07) is 14.6. The molecule has 0 aliphatic rings. The van der Waals surface area contributed by atoms with Gasteiger partial charge in [-0.05, 0) is 29.9 Å². The van der Waals surface area contributed by atoms with Crippen LogP contribution < -0.4 is 5.32 Å². The Morgan fingerprint density at radius 3 is 2.44 bits per heavy atom. The molecule has 2 aromatic rings. The minimum atomic E-state index is -0.000911. The molecule has 0 radical (unpaired) electrons. The van der Waals surface area contributed by atoms with Gasteiger partial charge in [0, 0.05) is 39.1 Å². The average molecular weight is 500 g/mol. The summed E-state index contributed by atoms with van der Waals surface area (Å²) in [5, 5.41) is 5.50. The molecule has 1 aromatic carbocycles. The van der Waals surface area contributed by atoms with Gasteiger partial charge in [0.15, 0.2) is 5.96 Å². The molecule has 0 aliphatic heterocycles. The summed E-state index contributed by atoms with van der Waals surface area (Å²) < 4.78 is 0. The van der Waals surface area contributed by atoms with Crippen molar-refractivity contribution in [2.75, 3.05) is 40.8 Å². The molecule has 0 atom stereocenters. The summed E-state index contributed by atoms with van der Waals surface area (Å²) in [7, 11) is 5.52. The summed E-state index contributed by atoms with van der Waals surface area (Å²) in [5.41, 5.74) is 1.28. The first-order chi connectivity index (χ1) is 12.6. The van der Waals surface area contributed by atoms with Gasteiger partial charge in [0.05, 0.1) is 0 Å². The van der Waals surface area contributed by atoms with Gasteiger partial charge in [0.1, 0.15) is 6.54 Å². The van der Waals surface area contributed by atoms with Gasteiger partial charge in [-0.15, -0.1) is 35.3 Å². The number of aliphatic imine (C=N–C) groups is 1. The minimum absolute atomic E-state index is 0. The van der Waals surface area contributed by atoms with Crippen LogP contribution in [0.4, 0.5) is 0 Å². The second kappa shape index (κ2) is 12.7. The number of hydrogen-bond acceptors (Lipinski definition) is 3. The molecule has 27 heavy (non-hydrogen) atoms. The molecule has 0 saturated carbocycles. The van der Waals surface area contributed by atoms with Crippen LogP contribution in [0.25, 0.3) is 0 Å². The maximum Gasteiger partial charge on any atom is 0.243 e. The molecule has 0 fully saturated rings. The lowest BCUT2D eigenvalue weighted by atomic mass is 10.1. The molecular formula is C20H29IN4OS. The molecule has 5 nitrogen and oxygen atoms in total. The van der Waals surface area contributed by atoms with Crippen LogP contribution in [0.3, 0.4) is 0 Å². The third kappa shape index (κ3) is 8.75. The Balaban J connectivity index is 0.00000364. The molecule has 0 spiro atoms. The number of likely N-dealkylation sites (N-methyl/N-ethyl adjacent to an activating group) is 2. The predicted octanol–water partition coefficient (Wildman–Crippen LogP) is 3.12. The molecular weight excluding hydrogens is 471 g/mol. The lowest BCUT2D eigenvalue weighted by molar-refractivity contribution is -0.127. The van der Waals surface area contributed by atoms with Crippen molar-refractivity contribution >= 4 is 47.2 Å². The van der Waals surface area contributed by atoms with Gasteiger partial charge in [-0.3, -0.25) is 4.79 Å². The molecule has 7 heteroatoms. The molecule has 0 unspecified atom stereocenters. The monoisotopic (exact) mass is 500 g/mol. The van der Waals surface area contributed by atoms with Gasteiger partial charge in [-0.25, -0.2) is 4.99 Å².